The molecule has 2 aromatic heterocycles. The number of rotatable bonds is 5. The van der Waals surface area contributed by atoms with Gasteiger partial charge in [-0.3, -0.25) is 20.0 Å². The average molecular weight is 397 g/mol. The van der Waals surface area contributed by atoms with Gasteiger partial charge >= 0.3 is 5.97 Å². The molecule has 144 valence electrons. The van der Waals surface area contributed by atoms with Crippen LogP contribution in [0.15, 0.2) is 30.3 Å². The molecule has 3 aromatic rings. The quantitative estimate of drug-likeness (QED) is 0.569. The largest absolute Gasteiger partial charge is 0.469 e. The zero-order valence-electron chi connectivity index (χ0n) is 15.2. The van der Waals surface area contributed by atoms with Crippen molar-refractivity contribution in [2.75, 3.05) is 19.0 Å². The number of amides is 1. The minimum Gasteiger partial charge on any atom is -0.469 e. The van der Waals surface area contributed by atoms with Gasteiger partial charge in [-0.05, 0) is 0 Å². The van der Waals surface area contributed by atoms with Crippen LogP contribution in [0, 0.1) is 0 Å². The molecule has 3 heterocycles. The summed E-state index contributed by atoms with van der Waals surface area (Å²) in [5.41, 5.74) is 3.78. The van der Waals surface area contributed by atoms with Crippen molar-refractivity contribution in [2.45, 2.75) is 19.4 Å². The molecule has 4 rings (SSSR count). The summed E-state index contributed by atoms with van der Waals surface area (Å²) in [6, 6.07) is 9.54. The minimum absolute atomic E-state index is 0.0932. The van der Waals surface area contributed by atoms with Gasteiger partial charge in [-0.2, -0.15) is 5.10 Å². The smallest absolute Gasteiger partial charge is 0.310 e. The van der Waals surface area contributed by atoms with E-state index >= 15 is 0 Å². The third-order valence-electron chi connectivity index (χ3n) is 4.52. The summed E-state index contributed by atoms with van der Waals surface area (Å²) in [5.74, 6) is -0.676. The Morgan fingerprint density at radius 3 is 2.89 bits per heavy atom. The van der Waals surface area contributed by atoms with E-state index in [0.29, 0.717) is 23.1 Å². The molecular weight excluding hydrogens is 378 g/mol. The highest BCUT2D eigenvalue weighted by Gasteiger charge is 2.23. The van der Waals surface area contributed by atoms with Crippen LogP contribution in [0.25, 0.3) is 11.3 Å². The Morgan fingerprint density at radius 1 is 1.29 bits per heavy atom. The Balaban J connectivity index is 1.62. The molecule has 1 aliphatic rings. The lowest BCUT2D eigenvalue weighted by molar-refractivity contribution is -0.139. The normalized spacial score (nSPS) is 13.0. The van der Waals surface area contributed by atoms with Crippen molar-refractivity contribution in [3.8, 4) is 11.3 Å². The van der Waals surface area contributed by atoms with Crippen molar-refractivity contribution in [3.63, 3.8) is 0 Å². The first kappa shape index (κ1) is 18.3. The Hall–Kier alpha value is -3.04. The van der Waals surface area contributed by atoms with Crippen molar-refractivity contribution in [1.29, 1.82) is 0 Å². The van der Waals surface area contributed by atoms with Gasteiger partial charge in [0, 0.05) is 41.2 Å². The van der Waals surface area contributed by atoms with Gasteiger partial charge in [0.15, 0.2) is 10.8 Å². The van der Waals surface area contributed by atoms with E-state index in [9.17, 15) is 9.59 Å². The van der Waals surface area contributed by atoms with Crippen LogP contribution in [0.2, 0.25) is 0 Å². The lowest BCUT2D eigenvalue weighted by Crippen LogP contribution is -2.25. The van der Waals surface area contributed by atoms with Gasteiger partial charge in [-0.15, -0.1) is 11.3 Å². The molecule has 0 atom stereocenters. The number of benzene rings is 1. The molecule has 1 aromatic carbocycles. The van der Waals surface area contributed by atoms with E-state index in [-0.39, 0.29) is 18.3 Å². The van der Waals surface area contributed by atoms with E-state index in [1.807, 2.05) is 30.3 Å². The lowest BCUT2D eigenvalue weighted by atomic mass is 10.1. The summed E-state index contributed by atoms with van der Waals surface area (Å²) in [7, 11) is 1.35. The first-order chi connectivity index (χ1) is 13.7. The van der Waals surface area contributed by atoms with Gasteiger partial charge in [-0.1, -0.05) is 30.3 Å². The van der Waals surface area contributed by atoms with Gasteiger partial charge in [0.05, 0.1) is 19.2 Å². The van der Waals surface area contributed by atoms with Crippen molar-refractivity contribution >= 4 is 28.3 Å². The van der Waals surface area contributed by atoms with Crippen molar-refractivity contribution in [1.82, 2.24) is 20.5 Å². The molecule has 28 heavy (non-hydrogen) atoms. The van der Waals surface area contributed by atoms with Gasteiger partial charge in [-0.25, -0.2) is 4.98 Å². The summed E-state index contributed by atoms with van der Waals surface area (Å²) in [6.45, 7) is 1.47. The molecule has 3 N–H and O–H groups in total. The van der Waals surface area contributed by atoms with Crippen LogP contribution in [0.1, 0.15) is 26.6 Å². The van der Waals surface area contributed by atoms with Crippen LogP contribution in [-0.4, -0.2) is 40.7 Å². The highest BCUT2D eigenvalue weighted by molar-refractivity contribution is 7.16. The molecule has 0 saturated heterocycles. The maximum absolute atomic E-state index is 12.7. The number of aromatic nitrogens is 3. The van der Waals surface area contributed by atoms with Crippen molar-refractivity contribution in [2.24, 2.45) is 0 Å². The molecule has 0 saturated carbocycles. The topological polar surface area (TPSA) is 109 Å². The molecule has 1 aliphatic heterocycles. The standard InChI is InChI=1S/C19H19N5O3S/c1-27-15(25)9-14-16(11-5-3-2-4-6-11)21-19(28-14)22-18(26)17-12-10-20-8-7-13(12)23-24-17/h2-6,20H,7-10H2,1H3,(H,23,24)(H,21,22,26). The SMILES string of the molecule is COC(=O)Cc1sc(NC(=O)c2n[nH]c3c2CNCC3)nc1-c1ccccc1. The van der Waals surface area contributed by atoms with Gasteiger partial charge < -0.3 is 10.1 Å². The highest BCUT2D eigenvalue weighted by Crippen LogP contribution is 2.32. The monoisotopic (exact) mass is 397 g/mol. The van der Waals surface area contributed by atoms with Gasteiger partial charge in [0.2, 0.25) is 0 Å². The predicted octanol–water partition coefficient (Wildman–Crippen LogP) is 2.15. The zero-order valence-corrected chi connectivity index (χ0v) is 16.1. The first-order valence-corrected chi connectivity index (χ1v) is 9.67. The van der Waals surface area contributed by atoms with Gasteiger partial charge in [0.25, 0.3) is 5.91 Å². The third-order valence-corrected chi connectivity index (χ3v) is 5.49. The Bertz CT molecular complexity index is 1010. The summed E-state index contributed by atoms with van der Waals surface area (Å²) >= 11 is 1.26. The number of carbonyl (C=O) groups excluding carboxylic acids is 2. The number of hydrogen-bond donors (Lipinski definition) is 3. The lowest BCUT2D eigenvalue weighted by Gasteiger charge is -2.12. The van der Waals surface area contributed by atoms with Crippen LogP contribution in [-0.2, 0) is 28.9 Å². The Labute approximate surface area is 165 Å². The summed E-state index contributed by atoms with van der Waals surface area (Å²) < 4.78 is 4.79. The van der Waals surface area contributed by atoms with E-state index in [1.54, 1.807) is 0 Å². The second-order valence-electron chi connectivity index (χ2n) is 6.32. The number of methoxy groups -OCH3 is 1. The molecule has 0 bridgehead atoms. The minimum atomic E-state index is -0.355. The number of hydrogen-bond acceptors (Lipinski definition) is 7. The number of H-pyrrole nitrogens is 1. The molecule has 9 heteroatoms. The van der Waals surface area contributed by atoms with Crippen molar-refractivity contribution in [3.05, 3.63) is 52.2 Å². The molecular formula is C19H19N5O3S. The number of carbonyl (C=O) groups is 2. The van der Waals surface area contributed by atoms with E-state index in [0.717, 1.165) is 34.7 Å². The number of thiazole rings is 1. The fourth-order valence-corrected chi connectivity index (χ4v) is 4.08. The number of aromatic amines is 1. The molecule has 0 fully saturated rings. The number of fused-ring (bicyclic) bond motifs is 1. The molecule has 0 spiro atoms. The van der Waals surface area contributed by atoms with Crippen LogP contribution in [0.4, 0.5) is 5.13 Å². The number of ether oxygens (including phenoxy) is 1. The fraction of sp³-hybridized carbons (Fsp3) is 0.263. The van der Waals surface area contributed by atoms with Crippen LogP contribution >= 0.6 is 11.3 Å². The molecule has 1 amide bonds. The predicted molar refractivity (Wildman–Crippen MR) is 105 cm³/mol. The zero-order chi connectivity index (χ0) is 19.5. The number of anilines is 1. The van der Waals surface area contributed by atoms with E-state index < -0.39 is 0 Å². The Morgan fingerprint density at radius 2 is 2.11 bits per heavy atom. The number of esters is 1. The maximum Gasteiger partial charge on any atom is 0.310 e. The highest BCUT2D eigenvalue weighted by atomic mass is 32.1. The molecule has 8 nitrogen and oxygen atoms in total. The summed E-state index contributed by atoms with van der Waals surface area (Å²) in [6.07, 6.45) is 0.907. The van der Waals surface area contributed by atoms with E-state index in [1.165, 1.54) is 18.4 Å². The van der Waals surface area contributed by atoms with E-state index in [2.05, 4.69) is 25.8 Å². The van der Waals surface area contributed by atoms with Crippen LogP contribution < -0.4 is 10.6 Å². The van der Waals surface area contributed by atoms with Crippen LogP contribution in [0.5, 0.6) is 0 Å². The number of nitrogens with one attached hydrogen (secondary N) is 3. The number of nitrogens with zero attached hydrogens (tertiary/aromatic N) is 2. The first-order valence-electron chi connectivity index (χ1n) is 8.86. The van der Waals surface area contributed by atoms with Crippen LogP contribution in [0.3, 0.4) is 0 Å². The maximum atomic E-state index is 12.7. The molecule has 0 aliphatic carbocycles. The van der Waals surface area contributed by atoms with E-state index in [4.69, 9.17) is 4.74 Å². The third kappa shape index (κ3) is 3.67. The molecule has 0 radical (unpaired) electrons. The Kier molecular flexibility index (Phi) is 5.18. The second kappa shape index (κ2) is 7.91. The summed E-state index contributed by atoms with van der Waals surface area (Å²) in [5, 5.41) is 13.6. The second-order valence-corrected chi connectivity index (χ2v) is 7.40. The van der Waals surface area contributed by atoms with Gasteiger partial charge in [0.1, 0.15) is 0 Å². The molecule has 0 unspecified atom stereocenters. The fourth-order valence-electron chi connectivity index (χ4n) is 3.12. The average Bonchev–Trinajstić information content (AvgIpc) is 3.32. The summed E-state index contributed by atoms with van der Waals surface area (Å²) in [4.78, 5) is 29.8. The van der Waals surface area contributed by atoms with Crippen molar-refractivity contribution < 1.29 is 14.3 Å².